The van der Waals surface area contributed by atoms with Gasteiger partial charge in [-0.3, -0.25) is 0 Å². The maximum absolute atomic E-state index is 11.8. The molecule has 104 valence electrons. The van der Waals surface area contributed by atoms with Crippen molar-refractivity contribution in [3.05, 3.63) is 50.0 Å². The van der Waals surface area contributed by atoms with E-state index in [1.807, 2.05) is 0 Å². The average molecular weight is 351 g/mol. The Hall–Kier alpha value is -1.000. The minimum absolute atomic E-state index is 0.203. The molecule has 0 aliphatic carbocycles. The fourth-order valence-corrected chi connectivity index (χ4v) is 2.81. The van der Waals surface area contributed by atoms with Crippen LogP contribution in [0.25, 0.3) is 11.3 Å². The summed E-state index contributed by atoms with van der Waals surface area (Å²) in [4.78, 5) is 15.9. The molecule has 0 aliphatic heterocycles. The van der Waals surface area contributed by atoms with Crippen molar-refractivity contribution < 1.29 is 9.53 Å². The van der Waals surface area contributed by atoms with E-state index in [4.69, 9.17) is 51.1 Å². The van der Waals surface area contributed by atoms with Crippen LogP contribution in [-0.4, -0.2) is 18.1 Å². The zero-order chi connectivity index (χ0) is 14.9. The van der Waals surface area contributed by atoms with Crippen molar-refractivity contribution in [3.63, 3.8) is 0 Å². The molecule has 0 fully saturated rings. The highest BCUT2D eigenvalue weighted by Crippen LogP contribution is 2.38. The second kappa shape index (κ2) is 6.19. The highest BCUT2D eigenvalue weighted by Gasteiger charge is 2.20. The average Bonchev–Trinajstić information content (AvgIpc) is 2.37. The lowest BCUT2D eigenvalue weighted by Gasteiger charge is -2.11. The van der Waals surface area contributed by atoms with Gasteiger partial charge in [0.05, 0.1) is 28.4 Å². The summed E-state index contributed by atoms with van der Waals surface area (Å²) < 4.78 is 4.71. The first kappa shape index (κ1) is 15.4. The number of ether oxygens (including phenoxy) is 1. The third kappa shape index (κ3) is 3.01. The van der Waals surface area contributed by atoms with Crippen molar-refractivity contribution in [1.82, 2.24) is 4.98 Å². The molecule has 2 rings (SSSR count). The molecule has 0 spiro atoms. The quantitative estimate of drug-likeness (QED) is 0.555. The van der Waals surface area contributed by atoms with Crippen LogP contribution in [0.2, 0.25) is 20.2 Å². The number of halogens is 4. The summed E-state index contributed by atoms with van der Waals surface area (Å²) in [5.41, 5.74) is 0.833. The van der Waals surface area contributed by atoms with E-state index in [0.717, 1.165) is 0 Å². The van der Waals surface area contributed by atoms with E-state index in [1.165, 1.54) is 31.4 Å². The minimum atomic E-state index is -0.564. The monoisotopic (exact) mass is 349 g/mol. The number of benzene rings is 1. The van der Waals surface area contributed by atoms with Gasteiger partial charge in [-0.2, -0.15) is 0 Å². The van der Waals surface area contributed by atoms with Gasteiger partial charge in [-0.25, -0.2) is 9.78 Å². The van der Waals surface area contributed by atoms with Gasteiger partial charge in [-0.15, -0.1) is 0 Å². The van der Waals surface area contributed by atoms with Gasteiger partial charge in [0, 0.05) is 10.6 Å². The second-order valence-electron chi connectivity index (χ2n) is 3.77. The number of nitrogens with zero attached hydrogens (tertiary/aromatic N) is 1. The number of rotatable bonds is 2. The Kier molecular flexibility index (Phi) is 4.76. The molecule has 7 heteroatoms. The van der Waals surface area contributed by atoms with Gasteiger partial charge in [-0.05, 0) is 24.3 Å². The van der Waals surface area contributed by atoms with E-state index in [9.17, 15) is 4.79 Å². The SMILES string of the molecule is COC(=O)c1ccc(Cl)nc1-c1c(Cl)cc(Cl)cc1Cl. The smallest absolute Gasteiger partial charge is 0.340 e. The summed E-state index contributed by atoms with van der Waals surface area (Å²) in [5, 5.41) is 1.12. The summed E-state index contributed by atoms with van der Waals surface area (Å²) >= 11 is 24.0. The Morgan fingerprint density at radius 3 is 2.25 bits per heavy atom. The Balaban J connectivity index is 2.75. The van der Waals surface area contributed by atoms with E-state index in [-0.39, 0.29) is 26.5 Å². The second-order valence-corrected chi connectivity index (χ2v) is 5.40. The van der Waals surface area contributed by atoms with E-state index < -0.39 is 5.97 Å². The standard InChI is InChI=1S/C13H7Cl4NO2/c1-20-13(19)7-2-3-10(17)18-12(7)11-8(15)4-6(14)5-9(11)16/h2-5H,1H3. The van der Waals surface area contributed by atoms with Crippen LogP contribution >= 0.6 is 46.4 Å². The molecule has 3 nitrogen and oxygen atoms in total. The lowest BCUT2D eigenvalue weighted by molar-refractivity contribution is 0.0601. The zero-order valence-corrected chi connectivity index (χ0v) is 13.1. The largest absolute Gasteiger partial charge is 0.465 e. The molecular weight excluding hydrogens is 344 g/mol. The van der Waals surface area contributed by atoms with E-state index in [0.29, 0.717) is 10.6 Å². The zero-order valence-electron chi connectivity index (χ0n) is 10.1. The molecule has 0 unspecified atom stereocenters. The van der Waals surface area contributed by atoms with Crippen LogP contribution in [0, 0.1) is 0 Å². The normalized spacial score (nSPS) is 10.4. The molecule has 1 aromatic carbocycles. The van der Waals surface area contributed by atoms with Gasteiger partial charge >= 0.3 is 5.97 Å². The Bertz CT molecular complexity index is 665. The van der Waals surface area contributed by atoms with Crippen molar-refractivity contribution in [2.24, 2.45) is 0 Å². The molecule has 0 saturated carbocycles. The minimum Gasteiger partial charge on any atom is -0.465 e. The van der Waals surface area contributed by atoms with E-state index in [2.05, 4.69) is 4.98 Å². The van der Waals surface area contributed by atoms with Crippen LogP contribution in [0.5, 0.6) is 0 Å². The number of carbonyl (C=O) groups excluding carboxylic acids is 1. The summed E-state index contributed by atoms with van der Waals surface area (Å²) in [6.45, 7) is 0. The van der Waals surface area contributed by atoms with Crippen LogP contribution in [0.3, 0.4) is 0 Å². The van der Waals surface area contributed by atoms with Crippen LogP contribution in [0.1, 0.15) is 10.4 Å². The number of hydrogen-bond donors (Lipinski definition) is 0. The van der Waals surface area contributed by atoms with E-state index >= 15 is 0 Å². The molecule has 2 aromatic rings. The van der Waals surface area contributed by atoms with Crippen molar-refractivity contribution >= 4 is 52.4 Å². The van der Waals surface area contributed by atoms with Gasteiger partial charge in [0.2, 0.25) is 0 Å². The van der Waals surface area contributed by atoms with Crippen molar-refractivity contribution in [1.29, 1.82) is 0 Å². The molecule has 0 radical (unpaired) electrons. The first-order valence-electron chi connectivity index (χ1n) is 5.34. The fourth-order valence-electron chi connectivity index (χ4n) is 1.67. The predicted molar refractivity (Wildman–Crippen MR) is 81.1 cm³/mol. The molecular formula is C13H7Cl4NO2. The first-order valence-corrected chi connectivity index (χ1v) is 6.85. The van der Waals surface area contributed by atoms with E-state index in [1.54, 1.807) is 0 Å². The third-order valence-corrected chi connectivity index (χ3v) is 3.54. The summed E-state index contributed by atoms with van der Waals surface area (Å²) in [6, 6.07) is 5.99. The first-order chi connectivity index (χ1) is 9.43. The molecule has 20 heavy (non-hydrogen) atoms. The lowest BCUT2D eigenvalue weighted by atomic mass is 10.1. The third-order valence-electron chi connectivity index (χ3n) is 2.51. The van der Waals surface area contributed by atoms with Gasteiger partial charge < -0.3 is 4.74 Å². The molecule has 0 N–H and O–H groups in total. The van der Waals surface area contributed by atoms with Gasteiger partial charge in [0.15, 0.2) is 0 Å². The molecule has 0 aliphatic rings. The molecule has 0 saturated heterocycles. The van der Waals surface area contributed by atoms with Crippen molar-refractivity contribution in [3.8, 4) is 11.3 Å². The summed E-state index contributed by atoms with van der Waals surface area (Å²) in [7, 11) is 1.27. The van der Waals surface area contributed by atoms with Crippen LogP contribution in [-0.2, 0) is 4.74 Å². The number of methoxy groups -OCH3 is 1. The predicted octanol–water partition coefficient (Wildman–Crippen LogP) is 5.15. The highest BCUT2D eigenvalue weighted by atomic mass is 35.5. The van der Waals surface area contributed by atoms with Crippen molar-refractivity contribution in [2.45, 2.75) is 0 Å². The fraction of sp³-hybridized carbons (Fsp3) is 0.0769. The number of aromatic nitrogens is 1. The Morgan fingerprint density at radius 2 is 1.70 bits per heavy atom. The van der Waals surface area contributed by atoms with Crippen LogP contribution in [0.15, 0.2) is 24.3 Å². The van der Waals surface area contributed by atoms with Gasteiger partial charge in [0.25, 0.3) is 0 Å². The summed E-state index contributed by atoms with van der Waals surface area (Å²) in [6.07, 6.45) is 0. The summed E-state index contributed by atoms with van der Waals surface area (Å²) in [5.74, 6) is -0.564. The van der Waals surface area contributed by atoms with Crippen LogP contribution in [0.4, 0.5) is 0 Å². The number of esters is 1. The Morgan fingerprint density at radius 1 is 1.10 bits per heavy atom. The lowest BCUT2D eigenvalue weighted by Crippen LogP contribution is -2.05. The molecule has 1 heterocycles. The van der Waals surface area contributed by atoms with Gasteiger partial charge in [0.1, 0.15) is 5.15 Å². The molecule has 0 amide bonds. The Labute approximate surface area is 135 Å². The number of carbonyl (C=O) groups is 1. The van der Waals surface area contributed by atoms with Crippen LogP contribution < -0.4 is 0 Å². The maximum atomic E-state index is 11.8. The topological polar surface area (TPSA) is 39.2 Å². The molecule has 0 atom stereocenters. The van der Waals surface area contributed by atoms with Crippen molar-refractivity contribution in [2.75, 3.05) is 7.11 Å². The molecule has 1 aromatic heterocycles. The number of pyridine rings is 1. The molecule has 0 bridgehead atoms. The maximum Gasteiger partial charge on any atom is 0.340 e. The van der Waals surface area contributed by atoms with Gasteiger partial charge in [-0.1, -0.05) is 46.4 Å². The highest BCUT2D eigenvalue weighted by molar-refractivity contribution is 6.42. The number of hydrogen-bond acceptors (Lipinski definition) is 3.